The first-order valence-electron chi connectivity index (χ1n) is 8.55. The summed E-state index contributed by atoms with van der Waals surface area (Å²) in [7, 11) is 0. The van der Waals surface area contributed by atoms with Crippen LogP contribution in [0.1, 0.15) is 36.9 Å². The zero-order chi connectivity index (χ0) is 18.9. The fraction of sp³-hybridized carbons (Fsp3) is 0.444. The van der Waals surface area contributed by atoms with E-state index in [1.54, 1.807) is 13.0 Å². The van der Waals surface area contributed by atoms with Gasteiger partial charge in [0, 0.05) is 18.0 Å². The lowest BCUT2D eigenvalue weighted by Crippen LogP contribution is -2.34. The van der Waals surface area contributed by atoms with E-state index in [0.29, 0.717) is 17.9 Å². The van der Waals surface area contributed by atoms with Crippen LogP contribution >= 0.6 is 0 Å². The van der Waals surface area contributed by atoms with Crippen LogP contribution in [0.15, 0.2) is 30.3 Å². The molecular weight excluding hydrogens is 345 g/mol. The maximum Gasteiger partial charge on any atom is 0.416 e. The first kappa shape index (κ1) is 18.4. The molecule has 2 atom stereocenters. The molecule has 5 nitrogen and oxygen atoms in total. The second kappa shape index (κ2) is 7.11. The Morgan fingerprint density at radius 1 is 1.31 bits per heavy atom. The van der Waals surface area contributed by atoms with E-state index in [2.05, 4.69) is 10.4 Å². The molecule has 1 aromatic heterocycles. The zero-order valence-corrected chi connectivity index (χ0v) is 14.4. The molecular formula is C18H21F3N4O. The lowest BCUT2D eigenvalue weighted by Gasteiger charge is -2.25. The number of hydrogen-bond acceptors (Lipinski definition) is 3. The van der Waals surface area contributed by atoms with Crippen molar-refractivity contribution in [2.75, 3.05) is 5.32 Å². The SMILES string of the molecule is Cc1cc(NC(=O)C2CCCC(N)C2)n(-c2cccc(C(F)(F)F)c2)n1. The monoisotopic (exact) mass is 366 g/mol. The molecule has 26 heavy (non-hydrogen) atoms. The van der Waals surface area contributed by atoms with Crippen molar-refractivity contribution < 1.29 is 18.0 Å². The highest BCUT2D eigenvalue weighted by atomic mass is 19.4. The van der Waals surface area contributed by atoms with Crippen LogP contribution in [0.2, 0.25) is 0 Å². The Bertz CT molecular complexity index is 800. The molecule has 1 aliphatic rings. The number of alkyl halides is 3. The number of anilines is 1. The van der Waals surface area contributed by atoms with E-state index in [0.717, 1.165) is 31.4 Å². The number of aryl methyl sites for hydroxylation is 1. The number of hydrogen-bond donors (Lipinski definition) is 2. The smallest absolute Gasteiger partial charge is 0.328 e. The fourth-order valence-corrected chi connectivity index (χ4v) is 3.29. The van der Waals surface area contributed by atoms with Gasteiger partial charge in [-0.25, -0.2) is 4.68 Å². The molecule has 3 rings (SSSR count). The van der Waals surface area contributed by atoms with Gasteiger partial charge in [-0.1, -0.05) is 12.5 Å². The van der Waals surface area contributed by atoms with E-state index in [1.165, 1.54) is 16.8 Å². The highest BCUT2D eigenvalue weighted by molar-refractivity contribution is 5.92. The van der Waals surface area contributed by atoms with E-state index in [9.17, 15) is 18.0 Å². The van der Waals surface area contributed by atoms with E-state index >= 15 is 0 Å². The second-order valence-electron chi connectivity index (χ2n) is 6.74. The van der Waals surface area contributed by atoms with Crippen LogP contribution in [-0.4, -0.2) is 21.7 Å². The Balaban J connectivity index is 1.86. The van der Waals surface area contributed by atoms with Gasteiger partial charge >= 0.3 is 6.18 Å². The van der Waals surface area contributed by atoms with Gasteiger partial charge in [0.15, 0.2) is 0 Å². The van der Waals surface area contributed by atoms with Gasteiger partial charge in [-0.2, -0.15) is 18.3 Å². The van der Waals surface area contributed by atoms with Crippen molar-refractivity contribution in [2.24, 2.45) is 11.7 Å². The standard InChI is InChI=1S/C18H21F3N4O/c1-11-8-16(23-17(26)12-4-2-6-14(22)9-12)25(24-11)15-7-3-5-13(10-15)18(19,20)21/h3,5,7-8,10,12,14H,2,4,6,9,22H2,1H3,(H,23,26). The van der Waals surface area contributed by atoms with E-state index in [1.807, 2.05) is 0 Å². The number of nitrogens with two attached hydrogens (primary N) is 1. The van der Waals surface area contributed by atoms with Crippen LogP contribution < -0.4 is 11.1 Å². The van der Waals surface area contributed by atoms with E-state index in [-0.39, 0.29) is 23.6 Å². The normalized spacial score (nSPS) is 20.8. The van der Waals surface area contributed by atoms with Crippen LogP contribution in [0, 0.1) is 12.8 Å². The molecule has 0 radical (unpaired) electrons. The van der Waals surface area contributed by atoms with Gasteiger partial charge < -0.3 is 11.1 Å². The molecule has 1 aromatic carbocycles. The Hall–Kier alpha value is -2.35. The minimum atomic E-state index is -4.44. The molecule has 1 fully saturated rings. The number of halogens is 3. The van der Waals surface area contributed by atoms with Crippen molar-refractivity contribution in [3.8, 4) is 5.69 Å². The Morgan fingerprint density at radius 2 is 2.08 bits per heavy atom. The third-order valence-electron chi connectivity index (χ3n) is 4.59. The molecule has 3 N–H and O–H groups in total. The second-order valence-corrected chi connectivity index (χ2v) is 6.74. The number of carbonyl (C=O) groups excluding carboxylic acids is 1. The highest BCUT2D eigenvalue weighted by Gasteiger charge is 2.31. The predicted octanol–water partition coefficient (Wildman–Crippen LogP) is 3.66. The number of nitrogens with zero attached hydrogens (tertiary/aromatic N) is 2. The molecule has 1 aliphatic carbocycles. The minimum absolute atomic E-state index is 0.00890. The first-order valence-corrected chi connectivity index (χ1v) is 8.55. The van der Waals surface area contributed by atoms with Crippen LogP contribution in [0.3, 0.4) is 0 Å². The summed E-state index contributed by atoms with van der Waals surface area (Å²) in [5.74, 6) is -0.0110. The van der Waals surface area contributed by atoms with Gasteiger partial charge in [-0.3, -0.25) is 4.79 Å². The van der Waals surface area contributed by atoms with E-state index < -0.39 is 11.7 Å². The Kier molecular flexibility index (Phi) is 5.04. The molecule has 140 valence electrons. The number of rotatable bonds is 3. The summed E-state index contributed by atoms with van der Waals surface area (Å²) in [6.45, 7) is 1.72. The Labute approximate surface area is 149 Å². The predicted molar refractivity (Wildman–Crippen MR) is 91.9 cm³/mol. The van der Waals surface area contributed by atoms with Crippen molar-refractivity contribution in [2.45, 2.75) is 44.8 Å². The van der Waals surface area contributed by atoms with Crippen molar-refractivity contribution >= 4 is 11.7 Å². The molecule has 0 bridgehead atoms. The maximum atomic E-state index is 13.0. The zero-order valence-electron chi connectivity index (χ0n) is 14.4. The number of aromatic nitrogens is 2. The lowest BCUT2D eigenvalue weighted by molar-refractivity contribution is -0.137. The highest BCUT2D eigenvalue weighted by Crippen LogP contribution is 2.31. The van der Waals surface area contributed by atoms with Crippen LogP contribution in [0.5, 0.6) is 0 Å². The minimum Gasteiger partial charge on any atom is -0.328 e. The Morgan fingerprint density at radius 3 is 2.77 bits per heavy atom. The third kappa shape index (κ3) is 4.07. The van der Waals surface area contributed by atoms with Gasteiger partial charge in [0.25, 0.3) is 0 Å². The average molecular weight is 366 g/mol. The van der Waals surface area contributed by atoms with Crippen LogP contribution in [-0.2, 0) is 11.0 Å². The molecule has 1 heterocycles. The number of carbonyl (C=O) groups is 1. The van der Waals surface area contributed by atoms with Gasteiger partial charge in [0.05, 0.1) is 16.9 Å². The molecule has 0 saturated heterocycles. The molecule has 2 unspecified atom stereocenters. The fourth-order valence-electron chi connectivity index (χ4n) is 3.29. The maximum absolute atomic E-state index is 13.0. The summed E-state index contributed by atoms with van der Waals surface area (Å²) < 4.78 is 40.2. The summed E-state index contributed by atoms with van der Waals surface area (Å²) in [6.07, 6.45) is -1.27. The van der Waals surface area contributed by atoms with Gasteiger partial charge in [0.1, 0.15) is 5.82 Å². The number of nitrogens with one attached hydrogen (secondary N) is 1. The topological polar surface area (TPSA) is 72.9 Å². The largest absolute Gasteiger partial charge is 0.416 e. The van der Waals surface area contributed by atoms with Crippen molar-refractivity contribution in [3.63, 3.8) is 0 Å². The summed E-state index contributed by atoms with van der Waals surface area (Å²) in [5, 5.41) is 7.03. The molecule has 1 saturated carbocycles. The molecule has 0 aliphatic heterocycles. The van der Waals surface area contributed by atoms with Crippen LogP contribution in [0.25, 0.3) is 5.69 Å². The molecule has 0 spiro atoms. The molecule has 1 amide bonds. The van der Waals surface area contributed by atoms with Crippen molar-refractivity contribution in [3.05, 3.63) is 41.6 Å². The summed E-state index contributed by atoms with van der Waals surface area (Å²) in [6, 6.07) is 6.50. The van der Waals surface area contributed by atoms with Crippen molar-refractivity contribution in [1.29, 1.82) is 0 Å². The van der Waals surface area contributed by atoms with Gasteiger partial charge in [-0.05, 0) is 44.4 Å². The summed E-state index contributed by atoms with van der Waals surface area (Å²) in [5.41, 5.74) is 6.00. The molecule has 8 heteroatoms. The third-order valence-corrected chi connectivity index (χ3v) is 4.59. The average Bonchev–Trinajstić information content (AvgIpc) is 2.94. The van der Waals surface area contributed by atoms with E-state index in [4.69, 9.17) is 5.73 Å². The summed E-state index contributed by atoms with van der Waals surface area (Å²) in [4.78, 5) is 12.5. The first-order chi connectivity index (χ1) is 12.2. The van der Waals surface area contributed by atoms with Gasteiger partial charge in [-0.15, -0.1) is 0 Å². The van der Waals surface area contributed by atoms with Crippen molar-refractivity contribution in [1.82, 2.24) is 9.78 Å². The van der Waals surface area contributed by atoms with Gasteiger partial charge in [0.2, 0.25) is 5.91 Å². The lowest BCUT2D eigenvalue weighted by atomic mass is 9.85. The number of amides is 1. The quantitative estimate of drug-likeness (QED) is 0.871. The van der Waals surface area contributed by atoms with Crippen LogP contribution in [0.4, 0.5) is 19.0 Å². The number of benzene rings is 1. The molecule has 2 aromatic rings. The summed E-state index contributed by atoms with van der Waals surface area (Å²) >= 11 is 0.